The van der Waals surface area contributed by atoms with E-state index in [0.29, 0.717) is 0 Å². The van der Waals surface area contributed by atoms with Crippen molar-refractivity contribution in [2.45, 2.75) is 0 Å². The van der Waals surface area contributed by atoms with Crippen LogP contribution in [0.2, 0.25) is 0 Å². The van der Waals surface area contributed by atoms with Crippen molar-refractivity contribution in [2.75, 3.05) is 0 Å². The number of rotatable bonds is 0. The molecule has 0 atom stereocenters. The number of fused-ring (bicyclic) bond motifs is 5. The number of aromatic nitrogens is 3. The van der Waals surface area contributed by atoms with Gasteiger partial charge in [0.15, 0.2) is 0 Å². The number of hydrogen-bond acceptors (Lipinski definition) is 2. The fraction of sp³-hybridized carbons (Fsp3) is 0. The predicted octanol–water partition coefficient (Wildman–Crippen LogP) is 3.26. The van der Waals surface area contributed by atoms with Gasteiger partial charge in [0.1, 0.15) is 0 Å². The van der Waals surface area contributed by atoms with Crippen LogP contribution >= 0.6 is 0 Å². The molecule has 4 rings (SSSR count). The molecule has 0 amide bonds. The number of nitrogens with zero attached hydrogens (tertiary/aromatic N) is 2. The molecule has 0 aliphatic heterocycles. The van der Waals surface area contributed by atoms with Gasteiger partial charge in [-0.3, -0.25) is 5.10 Å². The van der Waals surface area contributed by atoms with Gasteiger partial charge in [-0.2, -0.15) is 5.10 Å². The van der Waals surface area contributed by atoms with Gasteiger partial charge in [0.2, 0.25) is 0 Å². The van der Waals surface area contributed by atoms with E-state index in [9.17, 15) is 0 Å². The Bertz CT molecular complexity index is 840. The molecule has 0 aliphatic rings. The molecular weight excluding hydrogens is 210 g/mol. The zero-order chi connectivity index (χ0) is 11.2. The number of hydrogen-bond donors (Lipinski definition) is 1. The van der Waals surface area contributed by atoms with Gasteiger partial charge < -0.3 is 0 Å². The second-order valence-electron chi connectivity index (χ2n) is 4.11. The highest BCUT2D eigenvalue weighted by molar-refractivity contribution is 6.18. The van der Waals surface area contributed by atoms with E-state index in [0.717, 1.165) is 27.3 Å². The van der Waals surface area contributed by atoms with E-state index in [4.69, 9.17) is 0 Å². The molecule has 2 heterocycles. The van der Waals surface area contributed by atoms with Crippen molar-refractivity contribution < 1.29 is 0 Å². The van der Waals surface area contributed by atoms with E-state index in [1.165, 1.54) is 5.39 Å². The Morgan fingerprint density at radius 2 is 1.82 bits per heavy atom. The molecule has 80 valence electrons. The average Bonchev–Trinajstić information content (AvgIpc) is 2.77. The summed E-state index contributed by atoms with van der Waals surface area (Å²) in [4.78, 5) is 4.62. The lowest BCUT2D eigenvalue weighted by Crippen LogP contribution is -1.82. The van der Waals surface area contributed by atoms with Crippen molar-refractivity contribution in [1.82, 2.24) is 15.2 Å². The van der Waals surface area contributed by atoms with E-state index >= 15 is 0 Å². The minimum absolute atomic E-state index is 1.02. The third-order valence-corrected chi connectivity index (χ3v) is 3.13. The van der Waals surface area contributed by atoms with Crippen LogP contribution in [0.5, 0.6) is 0 Å². The SMILES string of the molecule is c1ccc2c(c1)nc1ccc3ccn[nH]c3c12. The van der Waals surface area contributed by atoms with E-state index in [1.807, 2.05) is 24.3 Å². The standard InChI is InChI=1S/C14H9N3/c1-2-4-11-10(3-1)13-12(16-11)6-5-9-7-8-15-17-14(9)13/h1-8,17H. The Hall–Kier alpha value is -2.42. The lowest BCUT2D eigenvalue weighted by Gasteiger charge is -1.98. The Morgan fingerprint density at radius 3 is 2.82 bits per heavy atom. The summed E-state index contributed by atoms with van der Waals surface area (Å²) in [6.07, 6.45) is 1.77. The van der Waals surface area contributed by atoms with Crippen LogP contribution in [0.4, 0.5) is 0 Å². The van der Waals surface area contributed by atoms with Gasteiger partial charge in [0.25, 0.3) is 0 Å². The van der Waals surface area contributed by atoms with Crippen molar-refractivity contribution in [3.63, 3.8) is 0 Å². The molecule has 3 nitrogen and oxygen atoms in total. The van der Waals surface area contributed by atoms with Crippen molar-refractivity contribution in [2.24, 2.45) is 0 Å². The highest BCUT2D eigenvalue weighted by Crippen LogP contribution is 2.30. The zero-order valence-corrected chi connectivity index (χ0v) is 9.01. The second kappa shape index (κ2) is 3.04. The van der Waals surface area contributed by atoms with Crippen molar-refractivity contribution >= 4 is 32.7 Å². The van der Waals surface area contributed by atoms with Crippen LogP contribution in [0.25, 0.3) is 32.7 Å². The normalized spacial score (nSPS) is 11.5. The first kappa shape index (κ1) is 8.70. The molecule has 0 saturated heterocycles. The topological polar surface area (TPSA) is 41.6 Å². The van der Waals surface area contributed by atoms with Gasteiger partial charge in [-0.15, -0.1) is 0 Å². The Labute approximate surface area is 97.1 Å². The highest BCUT2D eigenvalue weighted by atomic mass is 15.1. The second-order valence-corrected chi connectivity index (χ2v) is 4.11. The predicted molar refractivity (Wildman–Crippen MR) is 68.9 cm³/mol. The van der Waals surface area contributed by atoms with Crippen LogP contribution in [-0.4, -0.2) is 15.2 Å². The molecule has 0 radical (unpaired) electrons. The summed E-state index contributed by atoms with van der Waals surface area (Å²) in [5.41, 5.74) is 3.11. The number of H-pyrrole nitrogens is 1. The molecule has 0 bridgehead atoms. The summed E-state index contributed by atoms with van der Waals surface area (Å²) >= 11 is 0. The van der Waals surface area contributed by atoms with E-state index in [-0.39, 0.29) is 0 Å². The minimum atomic E-state index is 1.02. The van der Waals surface area contributed by atoms with Crippen molar-refractivity contribution in [3.05, 3.63) is 48.7 Å². The minimum Gasteiger partial charge on any atom is -0.277 e. The quantitative estimate of drug-likeness (QED) is 0.493. The molecule has 17 heavy (non-hydrogen) atoms. The maximum absolute atomic E-state index is 4.62. The fourth-order valence-electron chi connectivity index (χ4n) is 2.36. The molecular formula is C14H9N3. The molecule has 0 aliphatic carbocycles. The van der Waals surface area contributed by atoms with Crippen LogP contribution in [0, 0.1) is 0 Å². The van der Waals surface area contributed by atoms with Crippen LogP contribution in [0.1, 0.15) is 0 Å². The summed E-state index contributed by atoms with van der Waals surface area (Å²) in [5.74, 6) is 0. The third kappa shape index (κ3) is 1.11. The Morgan fingerprint density at radius 1 is 0.882 bits per heavy atom. The summed E-state index contributed by atoms with van der Waals surface area (Å²) in [6.45, 7) is 0. The van der Waals surface area contributed by atoms with E-state index < -0.39 is 0 Å². The van der Waals surface area contributed by atoms with Crippen LogP contribution in [0.15, 0.2) is 48.7 Å². The number of nitrogens with one attached hydrogen (secondary N) is 1. The third-order valence-electron chi connectivity index (χ3n) is 3.13. The van der Waals surface area contributed by atoms with Crippen LogP contribution in [-0.2, 0) is 0 Å². The van der Waals surface area contributed by atoms with Gasteiger partial charge in [0, 0.05) is 22.4 Å². The molecule has 3 heteroatoms. The first-order valence-corrected chi connectivity index (χ1v) is 5.54. The maximum atomic E-state index is 4.62. The number of aromatic amines is 1. The molecule has 0 unspecified atom stereocenters. The zero-order valence-electron chi connectivity index (χ0n) is 9.01. The summed E-state index contributed by atoms with van der Waals surface area (Å²) in [6, 6.07) is 14.3. The first-order chi connectivity index (χ1) is 8.43. The molecule has 2 aromatic heterocycles. The number of para-hydroxylation sites is 1. The molecule has 0 spiro atoms. The van der Waals surface area contributed by atoms with Crippen molar-refractivity contribution in [1.29, 1.82) is 0 Å². The smallest absolute Gasteiger partial charge is 0.0738 e. The monoisotopic (exact) mass is 219 g/mol. The lowest BCUT2D eigenvalue weighted by atomic mass is 10.1. The van der Waals surface area contributed by atoms with Gasteiger partial charge in [0.05, 0.1) is 16.6 Å². The van der Waals surface area contributed by atoms with Gasteiger partial charge in [-0.05, 0) is 18.2 Å². The lowest BCUT2D eigenvalue weighted by molar-refractivity contribution is 1.08. The maximum Gasteiger partial charge on any atom is 0.0738 e. The molecule has 0 fully saturated rings. The molecule has 4 aromatic rings. The number of benzene rings is 2. The molecule has 1 N–H and O–H groups in total. The Balaban J connectivity index is 2.38. The molecule has 0 saturated carbocycles. The van der Waals surface area contributed by atoms with E-state index in [2.05, 4.69) is 33.4 Å². The fourth-order valence-corrected chi connectivity index (χ4v) is 2.36. The first-order valence-electron chi connectivity index (χ1n) is 5.54. The summed E-state index contributed by atoms with van der Waals surface area (Å²) in [5, 5.41) is 10.7. The van der Waals surface area contributed by atoms with E-state index in [1.54, 1.807) is 6.20 Å². The van der Waals surface area contributed by atoms with Gasteiger partial charge >= 0.3 is 0 Å². The van der Waals surface area contributed by atoms with Crippen LogP contribution < -0.4 is 0 Å². The molecule has 2 aromatic carbocycles. The van der Waals surface area contributed by atoms with Gasteiger partial charge in [-0.25, -0.2) is 4.98 Å². The average molecular weight is 219 g/mol. The highest BCUT2D eigenvalue weighted by Gasteiger charge is 2.08. The Kier molecular flexibility index (Phi) is 1.56. The van der Waals surface area contributed by atoms with Crippen molar-refractivity contribution in [3.8, 4) is 0 Å². The summed E-state index contributed by atoms with van der Waals surface area (Å²) < 4.78 is 0. The van der Waals surface area contributed by atoms with Crippen LogP contribution in [0.3, 0.4) is 0 Å². The van der Waals surface area contributed by atoms with Gasteiger partial charge in [-0.1, -0.05) is 24.3 Å². The largest absolute Gasteiger partial charge is 0.277 e. The summed E-state index contributed by atoms with van der Waals surface area (Å²) in [7, 11) is 0.